The van der Waals surface area contributed by atoms with E-state index in [2.05, 4.69) is 23.2 Å². The molecule has 118 valence electrons. The number of hydrogen-bond acceptors (Lipinski definition) is 4. The smallest absolute Gasteiger partial charge is 0.123 e. The van der Waals surface area contributed by atoms with Crippen molar-refractivity contribution in [2.75, 3.05) is 40.4 Å². The minimum Gasteiger partial charge on any atom is -0.497 e. The third kappa shape index (κ3) is 4.11. The lowest BCUT2D eigenvalue weighted by atomic mass is 9.97. The van der Waals surface area contributed by atoms with Crippen LogP contribution < -0.4 is 14.8 Å². The zero-order valence-corrected chi connectivity index (χ0v) is 13.5. The third-order valence-corrected chi connectivity index (χ3v) is 4.22. The number of nitrogens with zero attached hydrogens (tertiary/aromatic N) is 1. The van der Waals surface area contributed by atoms with Crippen LogP contribution in [0, 0.1) is 0 Å². The molecule has 0 amide bonds. The van der Waals surface area contributed by atoms with Crippen molar-refractivity contribution < 1.29 is 9.47 Å². The molecule has 1 aliphatic heterocycles. The van der Waals surface area contributed by atoms with Gasteiger partial charge in [-0.25, -0.2) is 0 Å². The van der Waals surface area contributed by atoms with Crippen LogP contribution in [0.4, 0.5) is 0 Å². The van der Waals surface area contributed by atoms with Crippen molar-refractivity contribution in [3.8, 4) is 11.5 Å². The predicted molar refractivity (Wildman–Crippen MR) is 86.3 cm³/mol. The summed E-state index contributed by atoms with van der Waals surface area (Å²) in [5.74, 6) is 1.87. The van der Waals surface area contributed by atoms with E-state index >= 15 is 0 Å². The molecule has 0 aliphatic carbocycles. The number of rotatable bonds is 7. The lowest BCUT2D eigenvalue weighted by Crippen LogP contribution is -2.45. The van der Waals surface area contributed by atoms with Crippen LogP contribution in [0.1, 0.15) is 37.8 Å². The van der Waals surface area contributed by atoms with Crippen molar-refractivity contribution in [1.29, 1.82) is 0 Å². The Bertz CT molecular complexity index is 431. The van der Waals surface area contributed by atoms with E-state index in [0.29, 0.717) is 6.04 Å². The average molecular weight is 292 g/mol. The van der Waals surface area contributed by atoms with Crippen molar-refractivity contribution >= 4 is 0 Å². The maximum atomic E-state index is 5.60. The molecule has 1 atom stereocenters. The maximum Gasteiger partial charge on any atom is 0.123 e. The monoisotopic (exact) mass is 292 g/mol. The van der Waals surface area contributed by atoms with Gasteiger partial charge in [0.15, 0.2) is 0 Å². The van der Waals surface area contributed by atoms with Gasteiger partial charge in [-0.15, -0.1) is 0 Å². The Kier molecular flexibility index (Phi) is 6.33. The average Bonchev–Trinajstić information content (AvgIpc) is 2.56. The van der Waals surface area contributed by atoms with Gasteiger partial charge in [0.05, 0.1) is 14.2 Å². The van der Waals surface area contributed by atoms with Crippen LogP contribution in [0.25, 0.3) is 0 Å². The lowest BCUT2D eigenvalue weighted by Gasteiger charge is -2.36. The topological polar surface area (TPSA) is 33.7 Å². The van der Waals surface area contributed by atoms with Crippen molar-refractivity contribution in [3.63, 3.8) is 0 Å². The summed E-state index contributed by atoms with van der Waals surface area (Å²) < 4.78 is 11.0. The number of hydrogen-bond donors (Lipinski definition) is 1. The van der Waals surface area contributed by atoms with E-state index in [1.807, 2.05) is 12.1 Å². The molecule has 21 heavy (non-hydrogen) atoms. The molecule has 1 heterocycles. The number of ether oxygens (including phenoxy) is 2. The van der Waals surface area contributed by atoms with Crippen molar-refractivity contribution in [1.82, 2.24) is 10.2 Å². The molecule has 1 fully saturated rings. The first-order valence-corrected chi connectivity index (χ1v) is 7.96. The van der Waals surface area contributed by atoms with E-state index in [1.165, 1.54) is 24.8 Å². The summed E-state index contributed by atoms with van der Waals surface area (Å²) in [5.41, 5.74) is 1.26. The first-order chi connectivity index (χ1) is 10.3. The summed E-state index contributed by atoms with van der Waals surface area (Å²) in [6.45, 7) is 6.56. The van der Waals surface area contributed by atoms with Gasteiger partial charge in [-0.3, -0.25) is 4.90 Å². The van der Waals surface area contributed by atoms with E-state index in [-0.39, 0.29) is 0 Å². The molecule has 1 aliphatic rings. The molecule has 0 radical (unpaired) electrons. The zero-order chi connectivity index (χ0) is 15.1. The second-order valence-electron chi connectivity index (χ2n) is 5.55. The van der Waals surface area contributed by atoms with Crippen molar-refractivity contribution in [3.05, 3.63) is 23.8 Å². The van der Waals surface area contributed by atoms with Gasteiger partial charge < -0.3 is 14.8 Å². The van der Waals surface area contributed by atoms with Crippen LogP contribution in [0.3, 0.4) is 0 Å². The second-order valence-corrected chi connectivity index (χ2v) is 5.55. The minimum absolute atomic E-state index is 0.414. The quantitative estimate of drug-likeness (QED) is 0.838. The van der Waals surface area contributed by atoms with Crippen LogP contribution in [0.15, 0.2) is 18.2 Å². The molecule has 4 heteroatoms. The van der Waals surface area contributed by atoms with Gasteiger partial charge in [0, 0.05) is 37.8 Å². The van der Waals surface area contributed by atoms with E-state index in [4.69, 9.17) is 9.47 Å². The summed E-state index contributed by atoms with van der Waals surface area (Å²) in [5, 5.41) is 3.43. The number of methoxy groups -OCH3 is 2. The van der Waals surface area contributed by atoms with Crippen LogP contribution in [-0.4, -0.2) is 45.3 Å². The molecule has 1 aromatic rings. The summed E-state index contributed by atoms with van der Waals surface area (Å²) in [6.07, 6.45) is 3.61. The Morgan fingerprint density at radius 2 is 1.95 bits per heavy atom. The first-order valence-electron chi connectivity index (χ1n) is 7.96. The molecule has 0 saturated carbocycles. The van der Waals surface area contributed by atoms with Gasteiger partial charge in [0.2, 0.25) is 0 Å². The number of unbranched alkanes of at least 4 members (excludes halogenated alkanes) is 1. The molecule has 4 nitrogen and oxygen atoms in total. The standard InChI is InChI=1S/C17H28N2O2/c1-4-5-6-16(19-11-9-18-10-12-19)15-13-14(20-2)7-8-17(15)21-3/h7-8,13,16,18H,4-6,9-12H2,1-3H3/t16-/m1/s1. The molecule has 1 saturated heterocycles. The Labute approximate surface area is 128 Å². The summed E-state index contributed by atoms with van der Waals surface area (Å²) in [6, 6.07) is 6.55. The number of piperazine rings is 1. The van der Waals surface area contributed by atoms with Gasteiger partial charge >= 0.3 is 0 Å². The highest BCUT2D eigenvalue weighted by Gasteiger charge is 2.24. The number of benzene rings is 1. The third-order valence-electron chi connectivity index (χ3n) is 4.22. The first kappa shape index (κ1) is 16.1. The van der Waals surface area contributed by atoms with Gasteiger partial charge in [-0.1, -0.05) is 19.8 Å². The van der Waals surface area contributed by atoms with Gasteiger partial charge in [0.1, 0.15) is 11.5 Å². The molecule has 1 aromatic carbocycles. The van der Waals surface area contributed by atoms with Gasteiger partial charge in [0.25, 0.3) is 0 Å². The SMILES string of the molecule is CCCC[C@H](c1cc(OC)ccc1OC)N1CCNCC1. The highest BCUT2D eigenvalue weighted by Crippen LogP contribution is 2.35. The summed E-state index contributed by atoms with van der Waals surface area (Å²) in [7, 11) is 3.47. The molecule has 2 rings (SSSR count). The largest absolute Gasteiger partial charge is 0.497 e. The Hall–Kier alpha value is -1.26. The Balaban J connectivity index is 2.29. The van der Waals surface area contributed by atoms with Crippen LogP contribution in [0.5, 0.6) is 11.5 Å². The lowest BCUT2D eigenvalue weighted by molar-refractivity contribution is 0.160. The van der Waals surface area contributed by atoms with Crippen molar-refractivity contribution in [2.45, 2.75) is 32.2 Å². The van der Waals surface area contributed by atoms with E-state index < -0.39 is 0 Å². The molecule has 0 spiro atoms. The van der Waals surface area contributed by atoms with Crippen molar-refractivity contribution in [2.24, 2.45) is 0 Å². The van der Waals surface area contributed by atoms with Gasteiger partial charge in [-0.2, -0.15) is 0 Å². The molecule has 0 unspecified atom stereocenters. The fourth-order valence-corrected chi connectivity index (χ4v) is 3.03. The fraction of sp³-hybridized carbons (Fsp3) is 0.647. The molecular formula is C17H28N2O2. The number of nitrogens with one attached hydrogen (secondary N) is 1. The zero-order valence-electron chi connectivity index (χ0n) is 13.5. The minimum atomic E-state index is 0.414. The fourth-order valence-electron chi connectivity index (χ4n) is 3.03. The van der Waals surface area contributed by atoms with E-state index in [9.17, 15) is 0 Å². The Morgan fingerprint density at radius 3 is 2.57 bits per heavy atom. The maximum absolute atomic E-state index is 5.60. The highest BCUT2D eigenvalue weighted by atomic mass is 16.5. The van der Waals surface area contributed by atoms with E-state index in [0.717, 1.165) is 37.7 Å². The molecule has 0 aromatic heterocycles. The van der Waals surface area contributed by atoms with Crippen LogP contribution >= 0.6 is 0 Å². The summed E-state index contributed by atoms with van der Waals surface area (Å²) >= 11 is 0. The summed E-state index contributed by atoms with van der Waals surface area (Å²) in [4.78, 5) is 2.57. The van der Waals surface area contributed by atoms with E-state index in [1.54, 1.807) is 14.2 Å². The van der Waals surface area contributed by atoms with Crippen LogP contribution in [-0.2, 0) is 0 Å². The molecular weight excluding hydrogens is 264 g/mol. The Morgan fingerprint density at radius 1 is 1.19 bits per heavy atom. The normalized spacial score (nSPS) is 17.5. The molecule has 1 N–H and O–H groups in total. The van der Waals surface area contributed by atoms with Crippen LogP contribution in [0.2, 0.25) is 0 Å². The predicted octanol–water partition coefficient (Wildman–Crippen LogP) is 2.84. The highest BCUT2D eigenvalue weighted by molar-refractivity contribution is 5.42. The van der Waals surface area contributed by atoms with Gasteiger partial charge in [-0.05, 0) is 24.6 Å². The molecule has 0 bridgehead atoms. The second kappa shape index (κ2) is 8.25.